The fraction of sp³-hybridized carbons (Fsp3) is 0.838. The van der Waals surface area contributed by atoms with Gasteiger partial charge >= 0.3 is 0 Å². The number of benzene rings is 1. The Morgan fingerprint density at radius 1 is 0.351 bits per heavy atom. The third-order valence-electron chi connectivity index (χ3n) is 8.66. The molecule has 216 valence electrons. The van der Waals surface area contributed by atoms with Crippen molar-refractivity contribution in [1.82, 2.24) is 0 Å². The van der Waals surface area contributed by atoms with E-state index in [0.717, 1.165) is 0 Å². The molecule has 0 nitrogen and oxygen atoms in total. The van der Waals surface area contributed by atoms with Crippen LogP contribution in [0.15, 0.2) is 18.2 Å². The molecule has 0 aliphatic heterocycles. The second-order valence-electron chi connectivity index (χ2n) is 12.2. The van der Waals surface area contributed by atoms with E-state index in [1.807, 2.05) is 0 Å². The van der Waals surface area contributed by atoms with Gasteiger partial charge in [-0.3, -0.25) is 0 Å². The molecule has 0 atom stereocenters. The van der Waals surface area contributed by atoms with Gasteiger partial charge in [-0.15, -0.1) is 0 Å². The Morgan fingerprint density at radius 2 is 0.595 bits per heavy atom. The van der Waals surface area contributed by atoms with Crippen LogP contribution in [0.4, 0.5) is 0 Å². The van der Waals surface area contributed by atoms with Gasteiger partial charge in [0.25, 0.3) is 0 Å². The van der Waals surface area contributed by atoms with Crippen LogP contribution >= 0.6 is 0 Å². The first-order chi connectivity index (χ1) is 18.3. The minimum Gasteiger partial charge on any atom is -0.0654 e. The van der Waals surface area contributed by atoms with Gasteiger partial charge < -0.3 is 0 Å². The Bertz CT molecular complexity index is 537. The van der Waals surface area contributed by atoms with Crippen molar-refractivity contribution >= 4 is 0 Å². The zero-order valence-corrected chi connectivity index (χ0v) is 26.0. The van der Waals surface area contributed by atoms with Gasteiger partial charge in [0.05, 0.1) is 0 Å². The summed E-state index contributed by atoms with van der Waals surface area (Å²) in [6.45, 7) is 6.99. The van der Waals surface area contributed by atoms with Crippen molar-refractivity contribution in [1.29, 1.82) is 0 Å². The molecule has 0 aliphatic carbocycles. The van der Waals surface area contributed by atoms with E-state index in [0.29, 0.717) is 0 Å². The van der Waals surface area contributed by atoms with Gasteiger partial charge in [-0.25, -0.2) is 0 Å². The first kappa shape index (κ1) is 34.2. The Hall–Kier alpha value is -0.780. The topological polar surface area (TPSA) is 0 Å². The highest BCUT2D eigenvalue weighted by molar-refractivity contribution is 5.34. The second-order valence-corrected chi connectivity index (χ2v) is 12.2. The molecule has 1 aromatic carbocycles. The molecule has 0 saturated heterocycles. The molecule has 0 spiro atoms. The smallest absolute Gasteiger partial charge is 0.0276 e. The predicted octanol–water partition coefficient (Wildman–Crippen LogP) is 13.3. The lowest BCUT2D eigenvalue weighted by atomic mass is 9.94. The van der Waals surface area contributed by atoms with Crippen LogP contribution in [0, 0.1) is 6.92 Å². The summed E-state index contributed by atoms with van der Waals surface area (Å²) in [5.74, 6) is 0. The summed E-state index contributed by atoms with van der Waals surface area (Å²) < 4.78 is 0. The lowest BCUT2D eigenvalue weighted by Gasteiger charge is -2.12. The predicted molar refractivity (Wildman–Crippen MR) is 170 cm³/mol. The molecule has 1 rings (SSSR count). The molecule has 0 N–H and O–H groups in total. The monoisotopic (exact) mass is 513 g/mol. The average molecular weight is 513 g/mol. The molecule has 0 radical (unpaired) electrons. The fourth-order valence-electron chi connectivity index (χ4n) is 5.94. The van der Waals surface area contributed by atoms with Crippen LogP contribution in [-0.4, -0.2) is 0 Å². The molecular formula is C37H68. The summed E-state index contributed by atoms with van der Waals surface area (Å²) in [5, 5.41) is 0. The fourth-order valence-corrected chi connectivity index (χ4v) is 5.94. The maximum absolute atomic E-state index is 2.39. The summed E-state index contributed by atoms with van der Waals surface area (Å²) >= 11 is 0. The van der Waals surface area contributed by atoms with E-state index in [9.17, 15) is 0 Å². The molecule has 0 aliphatic rings. The summed E-state index contributed by atoms with van der Waals surface area (Å²) in [6.07, 6.45) is 40.1. The first-order valence-electron chi connectivity index (χ1n) is 17.4. The van der Waals surface area contributed by atoms with Crippen LogP contribution in [0.2, 0.25) is 0 Å². The van der Waals surface area contributed by atoms with Crippen molar-refractivity contribution in [3.63, 3.8) is 0 Å². The maximum atomic E-state index is 2.39. The van der Waals surface area contributed by atoms with Gasteiger partial charge in [-0.2, -0.15) is 0 Å². The second kappa shape index (κ2) is 26.8. The van der Waals surface area contributed by atoms with Crippen molar-refractivity contribution in [2.24, 2.45) is 0 Å². The van der Waals surface area contributed by atoms with Gasteiger partial charge in [0, 0.05) is 0 Å². The molecule has 0 heteroatoms. The van der Waals surface area contributed by atoms with Crippen molar-refractivity contribution in [3.05, 3.63) is 34.9 Å². The SMILES string of the molecule is CCCCCCCCCCCCCCCc1cccc(CCCCCCCCCCCCCCC)c1C. The minimum atomic E-state index is 1.29. The zero-order valence-electron chi connectivity index (χ0n) is 26.0. The molecule has 0 heterocycles. The van der Waals surface area contributed by atoms with Crippen molar-refractivity contribution < 1.29 is 0 Å². The minimum absolute atomic E-state index is 1.29. The van der Waals surface area contributed by atoms with E-state index in [4.69, 9.17) is 0 Å². The lowest BCUT2D eigenvalue weighted by Crippen LogP contribution is -1.97. The van der Waals surface area contributed by atoms with Crippen molar-refractivity contribution in [3.8, 4) is 0 Å². The third kappa shape index (κ3) is 20.8. The standard InChI is InChI=1S/C37H68/c1-4-6-8-10-12-14-16-18-20-22-24-26-28-31-36-33-30-34-37(35(36)3)32-29-27-25-23-21-19-17-15-13-11-9-7-5-2/h30,33-34H,4-29,31-32H2,1-3H3. The average Bonchev–Trinajstić information content (AvgIpc) is 2.91. The zero-order chi connectivity index (χ0) is 26.7. The highest BCUT2D eigenvalue weighted by atomic mass is 14.1. The Balaban J connectivity index is 1.98. The molecule has 0 aromatic heterocycles. The van der Waals surface area contributed by atoms with Crippen LogP contribution in [0.1, 0.15) is 197 Å². The quantitative estimate of drug-likeness (QED) is 0.0979. The summed E-state index contributed by atoms with van der Waals surface area (Å²) in [6, 6.07) is 7.11. The number of unbranched alkanes of at least 4 members (excludes halogenated alkanes) is 24. The van der Waals surface area contributed by atoms with Gasteiger partial charge in [-0.05, 0) is 49.3 Å². The Labute approximate surface area is 235 Å². The summed E-state index contributed by atoms with van der Waals surface area (Å²) in [4.78, 5) is 0. The van der Waals surface area contributed by atoms with Crippen LogP contribution in [0.25, 0.3) is 0 Å². The molecule has 0 saturated carbocycles. The maximum Gasteiger partial charge on any atom is -0.0276 e. The van der Waals surface area contributed by atoms with Crippen LogP contribution in [-0.2, 0) is 12.8 Å². The van der Waals surface area contributed by atoms with Gasteiger partial charge in [0.1, 0.15) is 0 Å². The van der Waals surface area contributed by atoms with Crippen LogP contribution in [0.5, 0.6) is 0 Å². The van der Waals surface area contributed by atoms with E-state index >= 15 is 0 Å². The number of hydrogen-bond acceptors (Lipinski definition) is 0. The van der Waals surface area contributed by atoms with Gasteiger partial charge in [0.15, 0.2) is 0 Å². The van der Waals surface area contributed by atoms with Crippen LogP contribution in [0.3, 0.4) is 0 Å². The molecule has 37 heavy (non-hydrogen) atoms. The van der Waals surface area contributed by atoms with E-state index in [1.165, 1.54) is 180 Å². The molecule has 0 fully saturated rings. The van der Waals surface area contributed by atoms with E-state index in [2.05, 4.69) is 39.0 Å². The largest absolute Gasteiger partial charge is 0.0654 e. The van der Waals surface area contributed by atoms with Gasteiger partial charge in [-0.1, -0.05) is 186 Å². The molecule has 0 unspecified atom stereocenters. The van der Waals surface area contributed by atoms with Crippen molar-refractivity contribution in [2.45, 2.75) is 201 Å². The van der Waals surface area contributed by atoms with Crippen LogP contribution < -0.4 is 0 Å². The number of aryl methyl sites for hydroxylation is 2. The van der Waals surface area contributed by atoms with E-state index in [1.54, 1.807) is 16.7 Å². The summed E-state index contributed by atoms with van der Waals surface area (Å²) in [5.41, 5.74) is 4.84. The van der Waals surface area contributed by atoms with E-state index in [-0.39, 0.29) is 0 Å². The normalized spacial score (nSPS) is 11.4. The highest BCUT2D eigenvalue weighted by Gasteiger charge is 2.04. The third-order valence-corrected chi connectivity index (χ3v) is 8.66. The number of rotatable bonds is 28. The Morgan fingerprint density at radius 3 is 0.865 bits per heavy atom. The van der Waals surface area contributed by atoms with Gasteiger partial charge in [0.2, 0.25) is 0 Å². The molecular weight excluding hydrogens is 444 g/mol. The van der Waals surface area contributed by atoms with E-state index < -0.39 is 0 Å². The number of hydrogen-bond donors (Lipinski definition) is 0. The first-order valence-corrected chi connectivity index (χ1v) is 17.4. The highest BCUT2D eigenvalue weighted by Crippen LogP contribution is 2.20. The molecule has 0 amide bonds. The Kier molecular flexibility index (Phi) is 24.8. The lowest BCUT2D eigenvalue weighted by molar-refractivity contribution is 0.538. The van der Waals surface area contributed by atoms with Crippen molar-refractivity contribution in [2.75, 3.05) is 0 Å². The summed E-state index contributed by atoms with van der Waals surface area (Å²) in [7, 11) is 0. The molecule has 1 aromatic rings. The molecule has 0 bridgehead atoms.